The zero-order chi connectivity index (χ0) is 23.1. The fraction of sp³-hybridized carbons (Fsp3) is 0.238. The number of nitrogens with zero attached hydrogens (tertiary/aromatic N) is 1. The molecule has 0 aromatic heterocycles. The normalized spacial score (nSPS) is 13.5. The number of carbonyl (C=O) groups excluding carboxylic acids is 3. The van der Waals surface area contributed by atoms with Crippen molar-refractivity contribution in [3.05, 3.63) is 59.7 Å². The molecule has 8 nitrogen and oxygen atoms in total. The Bertz CT molecular complexity index is 1040. The Labute approximate surface area is 180 Å². The first-order chi connectivity index (χ1) is 15.2. The van der Waals surface area contributed by atoms with Gasteiger partial charge in [0.1, 0.15) is 5.75 Å². The van der Waals surface area contributed by atoms with Gasteiger partial charge in [0.15, 0.2) is 6.61 Å². The number of amides is 3. The fourth-order valence-corrected chi connectivity index (χ4v) is 2.55. The maximum absolute atomic E-state index is 13.0. The highest BCUT2D eigenvalue weighted by Gasteiger charge is 2.33. The van der Waals surface area contributed by atoms with E-state index >= 15 is 0 Å². The van der Waals surface area contributed by atoms with Gasteiger partial charge in [0.2, 0.25) is 0 Å². The Hall–Kier alpha value is -3.89. The largest absolute Gasteiger partial charge is 0.484 e. The van der Waals surface area contributed by atoms with Crippen LogP contribution in [0.2, 0.25) is 0 Å². The third kappa shape index (κ3) is 6.83. The summed E-state index contributed by atoms with van der Waals surface area (Å²) in [6, 6.07) is 10.9. The molecule has 11 heteroatoms. The number of benzene rings is 2. The Morgan fingerprint density at radius 1 is 1.06 bits per heavy atom. The van der Waals surface area contributed by atoms with Crippen molar-refractivity contribution < 1.29 is 32.3 Å². The molecule has 2 aromatic carbocycles. The van der Waals surface area contributed by atoms with Crippen LogP contribution in [0.4, 0.5) is 18.9 Å². The molecule has 1 aliphatic carbocycles. The van der Waals surface area contributed by atoms with E-state index in [0.717, 1.165) is 25.0 Å². The van der Waals surface area contributed by atoms with Gasteiger partial charge in [0.25, 0.3) is 5.91 Å². The summed E-state index contributed by atoms with van der Waals surface area (Å²) in [5.74, 6) is -2.17. The van der Waals surface area contributed by atoms with Crippen LogP contribution in [0.3, 0.4) is 0 Å². The summed E-state index contributed by atoms with van der Waals surface area (Å²) in [5.41, 5.74) is 1.27. The van der Waals surface area contributed by atoms with Crippen LogP contribution in [0.25, 0.3) is 0 Å². The molecule has 3 amide bonds. The highest BCUT2D eigenvalue weighted by Crippen LogP contribution is 2.34. The molecule has 32 heavy (non-hydrogen) atoms. The first-order valence-electron chi connectivity index (χ1n) is 9.55. The Balaban J connectivity index is 1.51. The topological polar surface area (TPSA) is 109 Å². The second-order valence-electron chi connectivity index (χ2n) is 6.90. The van der Waals surface area contributed by atoms with E-state index in [4.69, 9.17) is 4.74 Å². The van der Waals surface area contributed by atoms with E-state index in [0.29, 0.717) is 5.56 Å². The second-order valence-corrected chi connectivity index (χ2v) is 6.90. The van der Waals surface area contributed by atoms with Crippen molar-refractivity contribution >= 4 is 29.6 Å². The number of alkyl halides is 3. The molecule has 0 atom stereocenters. The van der Waals surface area contributed by atoms with Crippen LogP contribution in [-0.2, 0) is 20.6 Å². The van der Waals surface area contributed by atoms with Crippen molar-refractivity contribution in [3.63, 3.8) is 0 Å². The minimum Gasteiger partial charge on any atom is -0.484 e. The van der Waals surface area contributed by atoms with Crippen molar-refractivity contribution in [2.45, 2.75) is 25.1 Å². The average molecular weight is 448 g/mol. The molecule has 1 saturated carbocycles. The van der Waals surface area contributed by atoms with Crippen molar-refractivity contribution in [2.24, 2.45) is 5.10 Å². The van der Waals surface area contributed by atoms with Crippen LogP contribution < -0.4 is 20.8 Å². The zero-order valence-corrected chi connectivity index (χ0v) is 16.6. The molecule has 2 aromatic rings. The van der Waals surface area contributed by atoms with Crippen molar-refractivity contribution in [1.29, 1.82) is 0 Å². The lowest BCUT2D eigenvalue weighted by Crippen LogP contribution is -2.38. The number of hydrogen-bond donors (Lipinski definition) is 3. The third-order valence-electron chi connectivity index (χ3n) is 4.23. The summed E-state index contributed by atoms with van der Waals surface area (Å²) in [5, 5.41) is 8.39. The lowest BCUT2D eigenvalue weighted by atomic mass is 10.1. The number of para-hydroxylation sites is 1. The van der Waals surface area contributed by atoms with Crippen molar-refractivity contribution in [3.8, 4) is 5.75 Å². The van der Waals surface area contributed by atoms with Gasteiger partial charge in [0, 0.05) is 6.04 Å². The van der Waals surface area contributed by atoms with Gasteiger partial charge in [-0.2, -0.15) is 18.3 Å². The van der Waals surface area contributed by atoms with Gasteiger partial charge in [0.05, 0.1) is 17.5 Å². The highest BCUT2D eigenvalue weighted by atomic mass is 19.4. The molecule has 0 saturated heterocycles. The highest BCUT2D eigenvalue weighted by molar-refractivity contribution is 6.35. The summed E-state index contributed by atoms with van der Waals surface area (Å²) < 4.78 is 44.3. The molecule has 0 aliphatic heterocycles. The maximum atomic E-state index is 13.0. The number of carbonyl (C=O) groups is 3. The standard InChI is InChI=1S/C21H19F3N4O4/c22-21(23,24)16-6-1-2-7-17(16)27-18(29)12-32-15-5-3-4-13(10-15)11-25-28-20(31)19(30)26-14-8-9-14/h1-7,10-11,14H,8-9,12H2,(H,26,30)(H,27,29)(H,28,31)/b25-11-. The van der Waals surface area contributed by atoms with Crippen molar-refractivity contribution in [2.75, 3.05) is 11.9 Å². The Kier molecular flexibility index (Phi) is 7.08. The lowest BCUT2D eigenvalue weighted by molar-refractivity contribution is -0.139. The van der Waals surface area contributed by atoms with E-state index in [1.54, 1.807) is 12.1 Å². The lowest BCUT2D eigenvalue weighted by Gasteiger charge is -2.13. The zero-order valence-electron chi connectivity index (χ0n) is 16.6. The quantitative estimate of drug-likeness (QED) is 0.343. The van der Waals surface area contributed by atoms with Crippen LogP contribution in [0.1, 0.15) is 24.0 Å². The molecular weight excluding hydrogens is 429 g/mol. The molecule has 1 aliphatic rings. The van der Waals surface area contributed by atoms with E-state index in [1.165, 1.54) is 30.5 Å². The summed E-state index contributed by atoms with van der Waals surface area (Å²) >= 11 is 0. The molecular formula is C21H19F3N4O4. The summed E-state index contributed by atoms with van der Waals surface area (Å²) in [6.07, 6.45) is -1.63. The van der Waals surface area contributed by atoms with Crippen LogP contribution in [-0.4, -0.2) is 36.6 Å². The van der Waals surface area contributed by atoms with E-state index in [1.807, 2.05) is 0 Å². The van der Waals surface area contributed by atoms with E-state index < -0.39 is 36.1 Å². The summed E-state index contributed by atoms with van der Waals surface area (Å²) in [7, 11) is 0. The SMILES string of the molecule is O=C(COc1cccc(/C=N\NC(=O)C(=O)NC2CC2)c1)Nc1ccccc1C(F)(F)F. The molecule has 0 spiro atoms. The van der Waals surface area contributed by atoms with Gasteiger partial charge < -0.3 is 15.4 Å². The Morgan fingerprint density at radius 2 is 1.81 bits per heavy atom. The van der Waals surface area contributed by atoms with E-state index in [2.05, 4.69) is 21.2 Å². The first-order valence-corrected chi connectivity index (χ1v) is 9.55. The fourth-order valence-electron chi connectivity index (χ4n) is 2.55. The van der Waals surface area contributed by atoms with E-state index in [-0.39, 0.29) is 17.5 Å². The van der Waals surface area contributed by atoms with Gasteiger partial charge in [-0.25, -0.2) is 5.43 Å². The van der Waals surface area contributed by atoms with Gasteiger partial charge in [-0.05, 0) is 42.7 Å². The third-order valence-corrected chi connectivity index (χ3v) is 4.23. The van der Waals surface area contributed by atoms with Crippen LogP contribution >= 0.6 is 0 Å². The number of nitrogens with one attached hydrogen (secondary N) is 3. The second kappa shape index (κ2) is 9.94. The van der Waals surface area contributed by atoms with Crippen LogP contribution in [0.15, 0.2) is 53.6 Å². The van der Waals surface area contributed by atoms with Crippen molar-refractivity contribution in [1.82, 2.24) is 10.7 Å². The predicted octanol–water partition coefficient (Wildman–Crippen LogP) is 2.45. The van der Waals surface area contributed by atoms with E-state index in [9.17, 15) is 27.6 Å². The van der Waals surface area contributed by atoms with Gasteiger partial charge in [-0.3, -0.25) is 14.4 Å². The number of hydrogen-bond acceptors (Lipinski definition) is 5. The minimum absolute atomic E-state index is 0.0465. The number of hydrazone groups is 1. The van der Waals surface area contributed by atoms with Crippen LogP contribution in [0.5, 0.6) is 5.75 Å². The number of ether oxygens (including phenoxy) is 1. The molecule has 0 heterocycles. The number of halogens is 3. The summed E-state index contributed by atoms with van der Waals surface area (Å²) in [6.45, 7) is -0.523. The summed E-state index contributed by atoms with van der Waals surface area (Å²) in [4.78, 5) is 35.2. The molecule has 168 valence electrons. The molecule has 3 rings (SSSR count). The number of rotatable bonds is 7. The minimum atomic E-state index is -4.60. The van der Waals surface area contributed by atoms with Gasteiger partial charge in [-0.15, -0.1) is 0 Å². The molecule has 1 fully saturated rings. The van der Waals surface area contributed by atoms with Gasteiger partial charge >= 0.3 is 18.0 Å². The first kappa shape index (κ1) is 22.8. The molecule has 0 bridgehead atoms. The molecule has 0 unspecified atom stereocenters. The molecule has 3 N–H and O–H groups in total. The smallest absolute Gasteiger partial charge is 0.418 e. The predicted molar refractivity (Wildman–Crippen MR) is 109 cm³/mol. The Morgan fingerprint density at radius 3 is 2.53 bits per heavy atom. The number of anilines is 1. The van der Waals surface area contributed by atoms with Gasteiger partial charge in [-0.1, -0.05) is 24.3 Å². The monoisotopic (exact) mass is 448 g/mol. The maximum Gasteiger partial charge on any atom is 0.418 e. The average Bonchev–Trinajstić information content (AvgIpc) is 3.56. The van der Waals surface area contributed by atoms with Crippen LogP contribution in [0, 0.1) is 0 Å². The molecule has 0 radical (unpaired) electrons.